The minimum absolute atomic E-state index is 0.228. The number of aryl methyl sites for hydroxylation is 5. The Balaban J connectivity index is 1.76. The maximum atomic E-state index is 6.34. The van der Waals surface area contributed by atoms with E-state index in [0.717, 1.165) is 40.4 Å². The second-order valence-corrected chi connectivity index (χ2v) is 6.87. The van der Waals surface area contributed by atoms with E-state index in [0.29, 0.717) is 10.9 Å². The molecule has 0 atom stereocenters. The van der Waals surface area contributed by atoms with Crippen LogP contribution in [0.1, 0.15) is 35.1 Å². The monoisotopic (exact) mass is 401 g/mol. The molecule has 3 aromatic rings. The Morgan fingerprint density at radius 2 is 1.89 bits per heavy atom. The zero-order valence-electron chi connectivity index (χ0n) is 16.7. The summed E-state index contributed by atoms with van der Waals surface area (Å²) in [6, 6.07) is 7.83. The summed E-state index contributed by atoms with van der Waals surface area (Å²) in [4.78, 5) is 5.47. The number of oxime groups is 1. The van der Waals surface area contributed by atoms with E-state index in [1.807, 2.05) is 59.1 Å². The normalized spacial score (nSPS) is 11.4. The Morgan fingerprint density at radius 3 is 2.57 bits per heavy atom. The van der Waals surface area contributed by atoms with Gasteiger partial charge in [-0.2, -0.15) is 10.2 Å². The third-order valence-corrected chi connectivity index (χ3v) is 4.91. The maximum absolute atomic E-state index is 6.34. The van der Waals surface area contributed by atoms with Crippen molar-refractivity contribution < 1.29 is 9.57 Å². The van der Waals surface area contributed by atoms with Crippen molar-refractivity contribution in [1.82, 2.24) is 19.6 Å². The lowest BCUT2D eigenvalue weighted by Crippen LogP contribution is -2.00. The van der Waals surface area contributed by atoms with Crippen molar-refractivity contribution in [3.8, 4) is 11.6 Å². The Labute approximate surface area is 169 Å². The number of hydrogen-bond acceptors (Lipinski definition) is 5. The van der Waals surface area contributed by atoms with E-state index in [1.54, 1.807) is 15.6 Å². The SMILES string of the molecule is CCc1nn(C)c(CO/N=C/c2c(C)nn(C)c2Oc2ccccc2C)c1Cl. The molecule has 2 heterocycles. The first-order valence-corrected chi connectivity index (χ1v) is 9.42. The van der Waals surface area contributed by atoms with E-state index in [2.05, 4.69) is 15.4 Å². The zero-order chi connectivity index (χ0) is 20.3. The van der Waals surface area contributed by atoms with Gasteiger partial charge in [-0.25, -0.2) is 4.68 Å². The largest absolute Gasteiger partial charge is 0.438 e. The first-order valence-electron chi connectivity index (χ1n) is 9.05. The van der Waals surface area contributed by atoms with Crippen LogP contribution in [-0.2, 0) is 32.0 Å². The summed E-state index contributed by atoms with van der Waals surface area (Å²) < 4.78 is 9.49. The van der Waals surface area contributed by atoms with E-state index in [1.165, 1.54) is 0 Å². The quantitative estimate of drug-likeness (QED) is 0.436. The van der Waals surface area contributed by atoms with Crippen LogP contribution in [0.25, 0.3) is 0 Å². The van der Waals surface area contributed by atoms with E-state index >= 15 is 0 Å². The lowest BCUT2D eigenvalue weighted by molar-refractivity contribution is 0.126. The third-order valence-electron chi connectivity index (χ3n) is 4.47. The molecule has 0 saturated carbocycles. The van der Waals surface area contributed by atoms with E-state index < -0.39 is 0 Å². The van der Waals surface area contributed by atoms with Gasteiger partial charge in [0.15, 0.2) is 6.61 Å². The second kappa shape index (κ2) is 8.48. The van der Waals surface area contributed by atoms with Crippen LogP contribution in [0.5, 0.6) is 11.6 Å². The molecule has 0 aliphatic carbocycles. The highest BCUT2D eigenvalue weighted by Crippen LogP contribution is 2.28. The summed E-state index contributed by atoms with van der Waals surface area (Å²) >= 11 is 6.34. The molecule has 0 spiro atoms. The highest BCUT2D eigenvalue weighted by molar-refractivity contribution is 6.31. The van der Waals surface area contributed by atoms with Gasteiger partial charge in [-0.1, -0.05) is 41.9 Å². The van der Waals surface area contributed by atoms with Crippen LogP contribution in [0.15, 0.2) is 29.4 Å². The second-order valence-electron chi connectivity index (χ2n) is 6.49. The van der Waals surface area contributed by atoms with Crippen LogP contribution >= 0.6 is 11.6 Å². The van der Waals surface area contributed by atoms with Crippen LogP contribution in [0.3, 0.4) is 0 Å². The molecular weight excluding hydrogens is 378 g/mol. The first-order chi connectivity index (χ1) is 13.4. The van der Waals surface area contributed by atoms with Crippen LogP contribution < -0.4 is 4.74 Å². The summed E-state index contributed by atoms with van der Waals surface area (Å²) in [5.74, 6) is 1.38. The van der Waals surface area contributed by atoms with E-state index in [9.17, 15) is 0 Å². The first kappa shape index (κ1) is 19.9. The van der Waals surface area contributed by atoms with Gasteiger partial charge in [0.25, 0.3) is 0 Å². The van der Waals surface area contributed by atoms with E-state index in [-0.39, 0.29) is 6.61 Å². The molecule has 148 valence electrons. The number of hydrogen-bond donors (Lipinski definition) is 0. The molecule has 28 heavy (non-hydrogen) atoms. The molecule has 0 amide bonds. The number of ether oxygens (including phenoxy) is 1. The number of nitrogens with zero attached hydrogens (tertiary/aromatic N) is 5. The number of aromatic nitrogens is 4. The topological polar surface area (TPSA) is 66.5 Å². The molecule has 0 unspecified atom stereocenters. The molecule has 0 radical (unpaired) electrons. The molecule has 0 N–H and O–H groups in total. The van der Waals surface area contributed by atoms with E-state index in [4.69, 9.17) is 21.2 Å². The van der Waals surface area contributed by atoms with Crippen LogP contribution in [0.2, 0.25) is 5.02 Å². The smallest absolute Gasteiger partial charge is 0.226 e. The van der Waals surface area contributed by atoms with Gasteiger partial charge < -0.3 is 9.57 Å². The Bertz CT molecular complexity index is 1010. The number of halogens is 1. The fraction of sp³-hybridized carbons (Fsp3) is 0.350. The molecule has 0 aliphatic heterocycles. The molecule has 1 aromatic carbocycles. The molecule has 0 fully saturated rings. The highest BCUT2D eigenvalue weighted by Gasteiger charge is 2.16. The van der Waals surface area contributed by atoms with Gasteiger partial charge in [-0.05, 0) is 31.9 Å². The fourth-order valence-electron chi connectivity index (χ4n) is 2.86. The molecule has 3 rings (SSSR count). The zero-order valence-corrected chi connectivity index (χ0v) is 17.5. The Hall–Kier alpha value is -2.80. The average Bonchev–Trinajstić information content (AvgIpc) is 3.09. The summed E-state index contributed by atoms with van der Waals surface area (Å²) in [6.07, 6.45) is 2.38. The van der Waals surface area contributed by atoms with Crippen molar-refractivity contribution in [2.24, 2.45) is 19.3 Å². The maximum Gasteiger partial charge on any atom is 0.226 e. The van der Waals surface area contributed by atoms with Crippen molar-refractivity contribution in [1.29, 1.82) is 0 Å². The standard InChI is InChI=1S/C20H24ClN5O2/c1-6-16-19(21)17(25(4)24-16)12-27-22-11-15-14(3)23-26(5)20(15)28-18-10-8-7-9-13(18)2/h7-11H,6,12H2,1-5H3/b22-11+. The molecular formula is C20H24ClN5O2. The number of benzene rings is 1. The lowest BCUT2D eigenvalue weighted by atomic mass is 10.2. The summed E-state index contributed by atoms with van der Waals surface area (Å²) in [5, 5.41) is 13.5. The average molecular weight is 402 g/mol. The van der Waals surface area contributed by atoms with Crippen molar-refractivity contribution >= 4 is 17.8 Å². The summed E-state index contributed by atoms with van der Waals surface area (Å²) in [6.45, 7) is 6.14. The fourth-order valence-corrected chi connectivity index (χ4v) is 3.21. The minimum Gasteiger partial charge on any atom is -0.438 e. The number of para-hydroxylation sites is 1. The Morgan fingerprint density at radius 1 is 1.14 bits per heavy atom. The molecule has 0 bridgehead atoms. The minimum atomic E-state index is 0.228. The summed E-state index contributed by atoms with van der Waals surface area (Å²) in [5.41, 5.74) is 4.23. The van der Waals surface area contributed by atoms with Crippen molar-refractivity contribution in [3.05, 3.63) is 57.5 Å². The lowest BCUT2D eigenvalue weighted by Gasteiger charge is -2.09. The van der Waals surface area contributed by atoms with Crippen LogP contribution in [0, 0.1) is 13.8 Å². The van der Waals surface area contributed by atoms with Gasteiger partial charge in [-0.15, -0.1) is 0 Å². The third kappa shape index (κ3) is 4.04. The van der Waals surface area contributed by atoms with Crippen molar-refractivity contribution in [3.63, 3.8) is 0 Å². The highest BCUT2D eigenvalue weighted by atomic mass is 35.5. The van der Waals surface area contributed by atoms with Gasteiger partial charge in [0.05, 0.1) is 33.9 Å². The van der Waals surface area contributed by atoms with Gasteiger partial charge in [0.2, 0.25) is 5.88 Å². The molecule has 2 aromatic heterocycles. The van der Waals surface area contributed by atoms with Gasteiger partial charge in [0, 0.05) is 14.1 Å². The van der Waals surface area contributed by atoms with Gasteiger partial charge in [-0.3, -0.25) is 4.68 Å². The number of rotatable bonds is 7. The molecule has 7 nitrogen and oxygen atoms in total. The van der Waals surface area contributed by atoms with Crippen LogP contribution in [-0.4, -0.2) is 25.8 Å². The summed E-state index contributed by atoms with van der Waals surface area (Å²) in [7, 11) is 3.67. The molecule has 8 heteroatoms. The Kier molecular flexibility index (Phi) is 6.04. The van der Waals surface area contributed by atoms with Gasteiger partial charge >= 0.3 is 0 Å². The molecule has 0 saturated heterocycles. The molecule has 0 aliphatic rings. The van der Waals surface area contributed by atoms with Crippen LogP contribution in [0.4, 0.5) is 0 Å². The van der Waals surface area contributed by atoms with Gasteiger partial charge in [0.1, 0.15) is 5.75 Å². The van der Waals surface area contributed by atoms with Crippen molar-refractivity contribution in [2.75, 3.05) is 0 Å². The van der Waals surface area contributed by atoms with Crippen molar-refractivity contribution in [2.45, 2.75) is 33.8 Å². The predicted molar refractivity (Wildman–Crippen MR) is 109 cm³/mol. The predicted octanol–water partition coefficient (Wildman–Crippen LogP) is 4.33.